The molecule has 1 aliphatic heterocycles. The van der Waals surface area contributed by atoms with Gasteiger partial charge in [-0.2, -0.15) is 4.98 Å². The number of hydrogen-bond donors (Lipinski definition) is 1. The molecule has 8 nitrogen and oxygen atoms in total. The van der Waals surface area contributed by atoms with E-state index in [-0.39, 0.29) is 19.1 Å². The van der Waals surface area contributed by atoms with Crippen molar-refractivity contribution in [1.29, 1.82) is 0 Å². The van der Waals surface area contributed by atoms with E-state index in [1.807, 2.05) is 80.3 Å². The van der Waals surface area contributed by atoms with Crippen LogP contribution in [0, 0.1) is 5.82 Å². The van der Waals surface area contributed by atoms with Gasteiger partial charge in [0.1, 0.15) is 17.8 Å². The van der Waals surface area contributed by atoms with Gasteiger partial charge in [0, 0.05) is 0 Å². The average molecular weight is 562 g/mol. The Morgan fingerprint density at radius 2 is 1.68 bits per heavy atom. The first kappa shape index (κ1) is 28.4. The molecule has 4 atom stereocenters. The molecule has 0 spiro atoms. The van der Waals surface area contributed by atoms with Crippen molar-refractivity contribution in [2.45, 2.75) is 56.9 Å². The SMILES string of the molecule is C[Si](C)(C)OC1[C@H](n2cc(F)c(N)nc2=O)O[C@](CCl)(COCc2ccccc2)[C@H]1OCc1ccccc1. The lowest BCUT2D eigenvalue weighted by molar-refractivity contribution is -0.144. The molecule has 0 aliphatic carbocycles. The summed E-state index contributed by atoms with van der Waals surface area (Å²) in [4.78, 5) is 16.5. The molecule has 11 heteroatoms. The predicted octanol–water partition coefficient (Wildman–Crippen LogP) is 4.49. The van der Waals surface area contributed by atoms with Gasteiger partial charge in [-0.15, -0.1) is 11.6 Å². The van der Waals surface area contributed by atoms with Gasteiger partial charge in [-0.1, -0.05) is 60.7 Å². The molecule has 2 N–H and O–H groups in total. The fourth-order valence-corrected chi connectivity index (χ4v) is 5.74. The van der Waals surface area contributed by atoms with Gasteiger partial charge in [-0.05, 0) is 30.8 Å². The number of ether oxygens (including phenoxy) is 3. The van der Waals surface area contributed by atoms with Crippen LogP contribution in [0.1, 0.15) is 17.4 Å². The molecule has 1 aliphatic rings. The largest absolute Gasteiger partial charge is 0.407 e. The van der Waals surface area contributed by atoms with Crippen molar-refractivity contribution < 1.29 is 23.0 Å². The molecule has 3 aromatic rings. The quantitative estimate of drug-likeness (QED) is 0.272. The van der Waals surface area contributed by atoms with Crippen molar-refractivity contribution in [3.63, 3.8) is 0 Å². The summed E-state index contributed by atoms with van der Waals surface area (Å²) < 4.78 is 41.1. The van der Waals surface area contributed by atoms with E-state index >= 15 is 0 Å². The molecule has 0 amide bonds. The van der Waals surface area contributed by atoms with E-state index in [4.69, 9.17) is 36.0 Å². The lowest BCUT2D eigenvalue weighted by atomic mass is 9.97. The lowest BCUT2D eigenvalue weighted by Gasteiger charge is -2.35. The Kier molecular flexibility index (Phi) is 9.02. The van der Waals surface area contributed by atoms with E-state index in [0.717, 1.165) is 21.9 Å². The molecule has 1 saturated heterocycles. The maximum absolute atomic E-state index is 14.5. The van der Waals surface area contributed by atoms with E-state index < -0.39 is 49.7 Å². The van der Waals surface area contributed by atoms with Gasteiger partial charge in [0.2, 0.25) is 0 Å². The van der Waals surface area contributed by atoms with Crippen LogP contribution in [0.4, 0.5) is 10.2 Å². The molecule has 2 aromatic carbocycles. The Hall–Kier alpha value is -2.60. The van der Waals surface area contributed by atoms with E-state index in [0.29, 0.717) is 6.61 Å². The third-order valence-corrected chi connectivity index (χ3v) is 7.54. The van der Waals surface area contributed by atoms with Crippen LogP contribution in [0.2, 0.25) is 19.6 Å². The molecular weight excluding hydrogens is 529 g/mol. The number of aromatic nitrogens is 2. The second kappa shape index (κ2) is 12.1. The van der Waals surface area contributed by atoms with Gasteiger partial charge in [0.25, 0.3) is 0 Å². The molecule has 0 saturated carbocycles. The van der Waals surface area contributed by atoms with Crippen LogP contribution < -0.4 is 11.4 Å². The molecule has 0 bridgehead atoms. The Morgan fingerprint density at radius 3 is 2.26 bits per heavy atom. The summed E-state index contributed by atoms with van der Waals surface area (Å²) in [6.45, 7) is 6.64. The van der Waals surface area contributed by atoms with Gasteiger partial charge >= 0.3 is 5.69 Å². The van der Waals surface area contributed by atoms with E-state index in [2.05, 4.69) is 4.98 Å². The maximum atomic E-state index is 14.5. The smallest absolute Gasteiger partial charge is 0.351 e. The highest BCUT2D eigenvalue weighted by atomic mass is 35.5. The monoisotopic (exact) mass is 561 g/mol. The Morgan fingerprint density at radius 1 is 1.08 bits per heavy atom. The zero-order valence-corrected chi connectivity index (χ0v) is 23.4. The molecular formula is C27H33ClFN3O5Si. The second-order valence-corrected chi connectivity index (χ2v) is 15.0. The zero-order chi connectivity index (χ0) is 27.3. The summed E-state index contributed by atoms with van der Waals surface area (Å²) >= 11 is 6.58. The number of nitrogens with two attached hydrogens (primary N) is 1. The first-order valence-corrected chi connectivity index (χ1v) is 16.3. The minimum absolute atomic E-state index is 0.0249. The molecule has 0 radical (unpaired) electrons. The Balaban J connectivity index is 1.72. The van der Waals surface area contributed by atoms with Crippen LogP contribution in [0.3, 0.4) is 0 Å². The molecule has 4 rings (SSSR count). The van der Waals surface area contributed by atoms with Gasteiger partial charge in [-0.3, -0.25) is 4.57 Å². The number of rotatable bonds is 11. The van der Waals surface area contributed by atoms with Crippen LogP contribution in [0.5, 0.6) is 0 Å². The number of alkyl halides is 1. The topological polar surface area (TPSA) is 97.8 Å². The van der Waals surface area contributed by atoms with Crippen LogP contribution in [-0.2, 0) is 31.9 Å². The molecule has 204 valence electrons. The highest BCUT2D eigenvalue weighted by Crippen LogP contribution is 2.43. The van der Waals surface area contributed by atoms with Crippen molar-refractivity contribution >= 4 is 25.7 Å². The highest BCUT2D eigenvalue weighted by Gasteiger charge is 2.58. The minimum atomic E-state index is -2.25. The van der Waals surface area contributed by atoms with Gasteiger partial charge in [0.05, 0.1) is 31.9 Å². The molecule has 38 heavy (non-hydrogen) atoms. The third-order valence-electron chi connectivity index (χ3n) is 6.11. The van der Waals surface area contributed by atoms with E-state index in [1.54, 1.807) is 0 Å². The van der Waals surface area contributed by atoms with Crippen LogP contribution >= 0.6 is 11.6 Å². The summed E-state index contributed by atoms with van der Waals surface area (Å²) in [6, 6.07) is 19.3. The van der Waals surface area contributed by atoms with E-state index in [9.17, 15) is 9.18 Å². The Labute approximate surface area is 227 Å². The first-order chi connectivity index (χ1) is 18.1. The summed E-state index contributed by atoms with van der Waals surface area (Å²) in [5.41, 5.74) is 5.47. The standard InChI is InChI=1S/C27H33ClFN3O5Si/c1-38(2,3)37-22-23(35-16-20-12-8-5-9-13-20)27(17-28,18-34-15-19-10-6-4-7-11-19)36-25(22)32-14-21(29)24(30)31-26(32)33/h4-14,22-23,25H,15-18H2,1-3H3,(H2,30,31,33)/t22?,23-,25+,27+/m0/s1. The molecule has 1 aromatic heterocycles. The zero-order valence-electron chi connectivity index (χ0n) is 21.7. The number of hydrogen-bond acceptors (Lipinski definition) is 7. The third kappa shape index (κ3) is 6.69. The van der Waals surface area contributed by atoms with Crippen LogP contribution in [0.25, 0.3) is 0 Å². The Bertz CT molecular complexity index is 1260. The van der Waals surface area contributed by atoms with Gasteiger partial charge in [0.15, 0.2) is 26.2 Å². The summed E-state index contributed by atoms with van der Waals surface area (Å²) in [5, 5.41) is 0. The van der Waals surface area contributed by atoms with Crippen molar-refractivity contribution in [1.82, 2.24) is 9.55 Å². The number of nitrogens with zero attached hydrogens (tertiary/aromatic N) is 2. The fraction of sp³-hybridized carbons (Fsp3) is 0.407. The number of anilines is 1. The lowest BCUT2D eigenvalue weighted by Crippen LogP contribution is -2.52. The highest BCUT2D eigenvalue weighted by molar-refractivity contribution is 6.69. The number of nitrogen functional groups attached to an aromatic ring is 1. The van der Waals surface area contributed by atoms with Crippen molar-refractivity contribution in [2.75, 3.05) is 18.2 Å². The maximum Gasteiger partial charge on any atom is 0.351 e. The minimum Gasteiger partial charge on any atom is -0.407 e. The molecule has 2 heterocycles. The molecule has 1 fully saturated rings. The average Bonchev–Trinajstić information content (AvgIpc) is 3.18. The number of benzene rings is 2. The predicted molar refractivity (Wildman–Crippen MR) is 146 cm³/mol. The first-order valence-electron chi connectivity index (χ1n) is 12.3. The van der Waals surface area contributed by atoms with Crippen molar-refractivity contribution in [2.24, 2.45) is 0 Å². The van der Waals surface area contributed by atoms with Crippen molar-refractivity contribution in [3.8, 4) is 0 Å². The molecule has 1 unspecified atom stereocenters. The summed E-state index contributed by atoms with van der Waals surface area (Å²) in [7, 11) is -2.25. The van der Waals surface area contributed by atoms with Crippen LogP contribution in [0.15, 0.2) is 71.7 Å². The van der Waals surface area contributed by atoms with Gasteiger partial charge in [-0.25, -0.2) is 9.18 Å². The normalized spacial score (nSPS) is 23.6. The summed E-state index contributed by atoms with van der Waals surface area (Å²) in [6.07, 6.45) is -1.64. The van der Waals surface area contributed by atoms with Crippen LogP contribution in [-0.4, -0.2) is 48.2 Å². The second-order valence-electron chi connectivity index (χ2n) is 10.3. The van der Waals surface area contributed by atoms with Crippen molar-refractivity contribution in [3.05, 3.63) is 94.3 Å². The fourth-order valence-electron chi connectivity index (χ4n) is 4.39. The van der Waals surface area contributed by atoms with E-state index in [1.165, 1.54) is 0 Å². The number of halogens is 2. The van der Waals surface area contributed by atoms with Gasteiger partial charge < -0.3 is 24.4 Å². The summed E-state index contributed by atoms with van der Waals surface area (Å²) in [5.74, 6) is -1.35.